The average molecular weight is 460 g/mol. The first kappa shape index (κ1) is 22.2. The number of nitrogens with zero attached hydrogens (tertiary/aromatic N) is 1. The van der Waals surface area contributed by atoms with Crippen molar-refractivity contribution in [2.24, 2.45) is 0 Å². The minimum atomic E-state index is -0.112. The van der Waals surface area contributed by atoms with E-state index in [2.05, 4.69) is 0 Å². The molecule has 0 aliphatic heterocycles. The largest absolute Gasteiger partial charge is 0.497 e. The Morgan fingerprint density at radius 3 is 1.91 bits per heavy atom. The fraction of sp³-hybridized carbons (Fsp3) is 0.0645. The Balaban J connectivity index is 1.46. The van der Waals surface area contributed by atoms with Crippen molar-refractivity contribution in [1.82, 2.24) is 0 Å². The third-order valence-corrected chi connectivity index (χ3v) is 5.87. The number of rotatable bonds is 7. The number of carbonyl (C=O) groups is 1. The van der Waals surface area contributed by atoms with Crippen molar-refractivity contribution in [2.75, 3.05) is 12.0 Å². The Kier molecular flexibility index (Phi) is 6.44. The number of anilines is 2. The van der Waals surface area contributed by atoms with E-state index in [-0.39, 0.29) is 5.91 Å². The second kappa shape index (κ2) is 10.1. The zero-order chi connectivity index (χ0) is 24.0. The van der Waals surface area contributed by atoms with Gasteiger partial charge in [-0.05, 0) is 77.0 Å². The summed E-state index contributed by atoms with van der Waals surface area (Å²) >= 11 is 0. The van der Waals surface area contributed by atoms with Gasteiger partial charge in [-0.2, -0.15) is 0 Å². The van der Waals surface area contributed by atoms with Crippen LogP contribution in [0, 0.1) is 0 Å². The zero-order valence-electron chi connectivity index (χ0n) is 19.4. The van der Waals surface area contributed by atoms with Crippen molar-refractivity contribution in [3.05, 3.63) is 132 Å². The highest BCUT2D eigenvalue weighted by molar-refractivity contribution is 6.12. The molecule has 0 heterocycles. The molecule has 5 aromatic rings. The predicted molar refractivity (Wildman–Crippen MR) is 141 cm³/mol. The molecule has 0 spiro atoms. The molecular weight excluding hydrogens is 434 g/mol. The number of methoxy groups -OCH3 is 1. The molecule has 0 bridgehead atoms. The van der Waals surface area contributed by atoms with Gasteiger partial charge in [0.1, 0.15) is 18.1 Å². The summed E-state index contributed by atoms with van der Waals surface area (Å²) in [4.78, 5) is 15.5. The van der Waals surface area contributed by atoms with Gasteiger partial charge in [0.15, 0.2) is 0 Å². The molecule has 0 N–H and O–H groups in total. The van der Waals surface area contributed by atoms with Gasteiger partial charge in [-0.15, -0.1) is 0 Å². The molecule has 0 aliphatic rings. The molecule has 0 saturated heterocycles. The van der Waals surface area contributed by atoms with E-state index in [1.807, 2.05) is 121 Å². The molecule has 4 nitrogen and oxygen atoms in total. The van der Waals surface area contributed by atoms with E-state index in [0.717, 1.165) is 39.2 Å². The van der Waals surface area contributed by atoms with Gasteiger partial charge in [-0.3, -0.25) is 9.69 Å². The predicted octanol–water partition coefficient (Wildman–Crippen LogP) is 7.41. The van der Waals surface area contributed by atoms with Crippen LogP contribution in [0.5, 0.6) is 11.5 Å². The van der Waals surface area contributed by atoms with E-state index < -0.39 is 0 Å². The van der Waals surface area contributed by atoms with E-state index >= 15 is 0 Å². The lowest BCUT2D eigenvalue weighted by molar-refractivity contribution is 0.0999. The normalized spacial score (nSPS) is 10.7. The van der Waals surface area contributed by atoms with Crippen molar-refractivity contribution in [1.29, 1.82) is 0 Å². The number of carbonyl (C=O) groups excluding carboxylic acids is 1. The molecular formula is C31H25NO3. The van der Waals surface area contributed by atoms with Gasteiger partial charge >= 0.3 is 0 Å². The second-order valence-corrected chi connectivity index (χ2v) is 8.17. The Morgan fingerprint density at radius 2 is 1.26 bits per heavy atom. The van der Waals surface area contributed by atoms with Crippen molar-refractivity contribution >= 4 is 28.1 Å². The molecule has 0 unspecified atom stereocenters. The molecule has 172 valence electrons. The van der Waals surface area contributed by atoms with Gasteiger partial charge in [-0.1, -0.05) is 60.7 Å². The van der Waals surface area contributed by atoms with Crippen LogP contribution in [-0.4, -0.2) is 13.0 Å². The van der Waals surface area contributed by atoms with Gasteiger partial charge in [0.2, 0.25) is 0 Å². The maximum Gasteiger partial charge on any atom is 0.262 e. The second-order valence-electron chi connectivity index (χ2n) is 8.17. The lowest BCUT2D eigenvalue weighted by atomic mass is 10.1. The Bertz CT molecular complexity index is 1430. The fourth-order valence-corrected chi connectivity index (χ4v) is 4.00. The van der Waals surface area contributed by atoms with E-state index in [9.17, 15) is 4.79 Å². The summed E-state index contributed by atoms with van der Waals surface area (Å²) in [6, 6.07) is 38.9. The SMILES string of the molecule is COc1ccc(N(C(=O)c2ccc3ccccc3c2)c2ccc(OCc3ccccc3)cc2)cc1. The van der Waals surface area contributed by atoms with E-state index in [0.29, 0.717) is 12.2 Å². The van der Waals surface area contributed by atoms with Crippen molar-refractivity contribution < 1.29 is 14.3 Å². The van der Waals surface area contributed by atoms with Crippen LogP contribution < -0.4 is 14.4 Å². The standard InChI is InChI=1S/C31H25NO3/c1-34-29-17-13-27(14-18-29)32(31(33)26-12-11-24-9-5-6-10-25(24)21-26)28-15-19-30(20-16-28)35-22-23-7-3-2-4-8-23/h2-21H,22H2,1H3. The molecule has 0 aliphatic carbocycles. The molecule has 5 rings (SSSR count). The Hall–Kier alpha value is -4.57. The third kappa shape index (κ3) is 5.02. The molecule has 0 radical (unpaired) electrons. The molecule has 0 saturated carbocycles. The summed E-state index contributed by atoms with van der Waals surface area (Å²) in [5, 5.41) is 2.12. The average Bonchev–Trinajstić information content (AvgIpc) is 2.93. The summed E-state index contributed by atoms with van der Waals surface area (Å²) in [6.45, 7) is 0.485. The summed E-state index contributed by atoms with van der Waals surface area (Å²) < 4.78 is 11.2. The maximum atomic E-state index is 13.8. The number of fused-ring (bicyclic) bond motifs is 1. The van der Waals surface area contributed by atoms with Crippen LogP contribution in [0.2, 0.25) is 0 Å². The summed E-state index contributed by atoms with van der Waals surface area (Å²) in [5.74, 6) is 1.36. The van der Waals surface area contributed by atoms with Crippen molar-refractivity contribution in [2.45, 2.75) is 6.61 Å². The lowest BCUT2D eigenvalue weighted by Gasteiger charge is -2.24. The zero-order valence-corrected chi connectivity index (χ0v) is 19.4. The van der Waals surface area contributed by atoms with Gasteiger partial charge in [0.25, 0.3) is 5.91 Å². The van der Waals surface area contributed by atoms with Gasteiger partial charge in [-0.25, -0.2) is 0 Å². The lowest BCUT2D eigenvalue weighted by Crippen LogP contribution is -2.25. The molecule has 0 atom stereocenters. The smallest absolute Gasteiger partial charge is 0.262 e. The van der Waals surface area contributed by atoms with Crippen LogP contribution in [0.25, 0.3) is 10.8 Å². The minimum absolute atomic E-state index is 0.112. The molecule has 0 fully saturated rings. The molecule has 1 amide bonds. The number of hydrogen-bond acceptors (Lipinski definition) is 3. The van der Waals surface area contributed by atoms with Gasteiger partial charge in [0, 0.05) is 16.9 Å². The Morgan fingerprint density at radius 1 is 0.657 bits per heavy atom. The van der Waals surface area contributed by atoms with E-state index in [4.69, 9.17) is 9.47 Å². The first-order chi connectivity index (χ1) is 17.2. The fourth-order valence-electron chi connectivity index (χ4n) is 4.00. The topological polar surface area (TPSA) is 38.8 Å². The number of hydrogen-bond donors (Lipinski definition) is 0. The van der Waals surface area contributed by atoms with Crippen LogP contribution in [0.4, 0.5) is 11.4 Å². The van der Waals surface area contributed by atoms with Crippen molar-refractivity contribution in [3.8, 4) is 11.5 Å². The van der Waals surface area contributed by atoms with Crippen molar-refractivity contribution in [3.63, 3.8) is 0 Å². The third-order valence-electron chi connectivity index (χ3n) is 5.87. The maximum absolute atomic E-state index is 13.8. The first-order valence-electron chi connectivity index (χ1n) is 11.5. The molecule has 4 heteroatoms. The molecule has 5 aromatic carbocycles. The Labute approximate surface area is 205 Å². The van der Waals surface area contributed by atoms with Gasteiger partial charge < -0.3 is 9.47 Å². The van der Waals surface area contributed by atoms with Crippen LogP contribution in [0.1, 0.15) is 15.9 Å². The monoisotopic (exact) mass is 459 g/mol. The van der Waals surface area contributed by atoms with Crippen LogP contribution in [0.15, 0.2) is 121 Å². The minimum Gasteiger partial charge on any atom is -0.497 e. The number of ether oxygens (including phenoxy) is 2. The van der Waals surface area contributed by atoms with Crippen LogP contribution >= 0.6 is 0 Å². The van der Waals surface area contributed by atoms with E-state index in [1.165, 1.54) is 0 Å². The summed E-state index contributed by atoms with van der Waals surface area (Å²) in [7, 11) is 1.63. The first-order valence-corrected chi connectivity index (χ1v) is 11.5. The quantitative estimate of drug-likeness (QED) is 0.254. The summed E-state index contributed by atoms with van der Waals surface area (Å²) in [5.41, 5.74) is 3.22. The molecule has 35 heavy (non-hydrogen) atoms. The highest BCUT2D eigenvalue weighted by atomic mass is 16.5. The highest BCUT2D eigenvalue weighted by Crippen LogP contribution is 2.31. The summed E-state index contributed by atoms with van der Waals surface area (Å²) in [6.07, 6.45) is 0. The number of benzene rings is 5. The number of amides is 1. The highest BCUT2D eigenvalue weighted by Gasteiger charge is 2.20. The van der Waals surface area contributed by atoms with Crippen LogP contribution in [-0.2, 0) is 6.61 Å². The molecule has 0 aromatic heterocycles. The van der Waals surface area contributed by atoms with Crippen LogP contribution in [0.3, 0.4) is 0 Å². The van der Waals surface area contributed by atoms with Gasteiger partial charge in [0.05, 0.1) is 7.11 Å². The van der Waals surface area contributed by atoms with E-state index in [1.54, 1.807) is 12.0 Å².